The van der Waals surface area contributed by atoms with E-state index in [9.17, 15) is 0 Å². The van der Waals surface area contributed by atoms with E-state index in [1.807, 2.05) is 25.1 Å². The number of benzene rings is 1. The molecule has 0 amide bonds. The van der Waals surface area contributed by atoms with Gasteiger partial charge in [0.15, 0.2) is 0 Å². The number of hydrogen-bond acceptors (Lipinski definition) is 2. The van der Waals surface area contributed by atoms with Crippen LogP contribution in [-0.4, -0.2) is 7.11 Å². The topological polar surface area (TPSA) is 33.0 Å². The highest BCUT2D eigenvalue weighted by Crippen LogP contribution is 2.20. The van der Waals surface area contributed by atoms with Crippen molar-refractivity contribution in [3.63, 3.8) is 0 Å². The van der Waals surface area contributed by atoms with Crippen molar-refractivity contribution < 1.29 is 4.74 Å². The number of nitrogens with zero attached hydrogens (tertiary/aromatic N) is 1. The second-order valence-corrected chi connectivity index (χ2v) is 2.97. The standard InChI is InChI=1S/C11H13NO/c1-9-5-6-10(4-3-7-12)11(8-9)13-2/h5-6,8H,3-4H2,1-2H3. The van der Waals surface area contributed by atoms with Gasteiger partial charge in [0.05, 0.1) is 13.2 Å². The maximum absolute atomic E-state index is 8.45. The molecule has 0 atom stereocenters. The van der Waals surface area contributed by atoms with E-state index in [1.54, 1.807) is 7.11 Å². The van der Waals surface area contributed by atoms with Crippen LogP contribution in [0, 0.1) is 18.3 Å². The molecule has 0 radical (unpaired) electrons. The van der Waals surface area contributed by atoms with Crippen LogP contribution in [0.2, 0.25) is 0 Å². The van der Waals surface area contributed by atoms with Crippen molar-refractivity contribution in [3.05, 3.63) is 29.3 Å². The summed E-state index contributed by atoms with van der Waals surface area (Å²) in [5, 5.41) is 8.45. The summed E-state index contributed by atoms with van der Waals surface area (Å²) in [4.78, 5) is 0. The maximum atomic E-state index is 8.45. The summed E-state index contributed by atoms with van der Waals surface area (Å²) in [6.45, 7) is 2.02. The molecule has 0 aliphatic carbocycles. The van der Waals surface area contributed by atoms with Gasteiger partial charge in [-0.05, 0) is 30.5 Å². The van der Waals surface area contributed by atoms with Crippen molar-refractivity contribution in [2.45, 2.75) is 19.8 Å². The lowest BCUT2D eigenvalue weighted by molar-refractivity contribution is 0.409. The first kappa shape index (κ1) is 9.60. The molecule has 0 saturated carbocycles. The lowest BCUT2D eigenvalue weighted by Crippen LogP contribution is -1.92. The molecule has 0 saturated heterocycles. The van der Waals surface area contributed by atoms with Gasteiger partial charge in [-0.2, -0.15) is 5.26 Å². The highest BCUT2D eigenvalue weighted by molar-refractivity contribution is 5.37. The zero-order valence-electron chi connectivity index (χ0n) is 8.00. The van der Waals surface area contributed by atoms with E-state index in [0.29, 0.717) is 6.42 Å². The first-order valence-electron chi connectivity index (χ1n) is 4.28. The minimum Gasteiger partial charge on any atom is -0.496 e. The molecule has 0 aliphatic rings. The van der Waals surface area contributed by atoms with E-state index < -0.39 is 0 Å². The fraction of sp³-hybridized carbons (Fsp3) is 0.364. The first-order chi connectivity index (χ1) is 6.27. The van der Waals surface area contributed by atoms with E-state index in [1.165, 1.54) is 5.56 Å². The van der Waals surface area contributed by atoms with E-state index in [0.717, 1.165) is 17.7 Å². The summed E-state index contributed by atoms with van der Waals surface area (Å²) in [6.07, 6.45) is 1.30. The van der Waals surface area contributed by atoms with Crippen LogP contribution in [0.3, 0.4) is 0 Å². The van der Waals surface area contributed by atoms with Crippen LogP contribution < -0.4 is 4.74 Å². The normalized spacial score (nSPS) is 9.31. The van der Waals surface area contributed by atoms with Crippen molar-refractivity contribution in [2.24, 2.45) is 0 Å². The average Bonchev–Trinajstić information content (AvgIpc) is 2.16. The zero-order chi connectivity index (χ0) is 9.68. The Bertz CT molecular complexity index is 325. The van der Waals surface area contributed by atoms with Crippen molar-refractivity contribution >= 4 is 0 Å². The van der Waals surface area contributed by atoms with Gasteiger partial charge >= 0.3 is 0 Å². The fourth-order valence-corrected chi connectivity index (χ4v) is 1.25. The molecule has 1 aromatic rings. The third-order valence-corrected chi connectivity index (χ3v) is 1.95. The van der Waals surface area contributed by atoms with Gasteiger partial charge in [-0.3, -0.25) is 0 Å². The van der Waals surface area contributed by atoms with Crippen LogP contribution >= 0.6 is 0 Å². The molecule has 2 nitrogen and oxygen atoms in total. The monoisotopic (exact) mass is 175 g/mol. The molecule has 1 rings (SSSR count). The van der Waals surface area contributed by atoms with Gasteiger partial charge in [0.25, 0.3) is 0 Å². The number of nitriles is 1. The van der Waals surface area contributed by atoms with Gasteiger partial charge < -0.3 is 4.74 Å². The highest BCUT2D eigenvalue weighted by Gasteiger charge is 2.01. The minimum atomic E-state index is 0.541. The predicted molar refractivity (Wildman–Crippen MR) is 51.7 cm³/mol. The Labute approximate surface area is 78.8 Å². The molecule has 0 unspecified atom stereocenters. The van der Waals surface area contributed by atoms with Gasteiger partial charge in [-0.15, -0.1) is 0 Å². The Hall–Kier alpha value is -1.49. The lowest BCUT2D eigenvalue weighted by Gasteiger charge is -2.07. The maximum Gasteiger partial charge on any atom is 0.122 e. The number of hydrogen-bond donors (Lipinski definition) is 0. The van der Waals surface area contributed by atoms with Gasteiger partial charge in [0.1, 0.15) is 5.75 Å². The Morgan fingerprint density at radius 3 is 2.85 bits per heavy atom. The summed E-state index contributed by atoms with van der Waals surface area (Å²) in [5.41, 5.74) is 2.28. The smallest absolute Gasteiger partial charge is 0.122 e. The number of methoxy groups -OCH3 is 1. The highest BCUT2D eigenvalue weighted by atomic mass is 16.5. The summed E-state index contributed by atoms with van der Waals surface area (Å²) in [7, 11) is 1.66. The van der Waals surface area contributed by atoms with E-state index in [4.69, 9.17) is 10.00 Å². The molecule has 0 N–H and O–H groups in total. The third-order valence-electron chi connectivity index (χ3n) is 1.95. The molecule has 0 aromatic heterocycles. The molecule has 68 valence electrons. The average molecular weight is 175 g/mol. The zero-order valence-corrected chi connectivity index (χ0v) is 8.00. The molecule has 13 heavy (non-hydrogen) atoms. The Morgan fingerprint density at radius 2 is 2.23 bits per heavy atom. The predicted octanol–water partition coefficient (Wildman–Crippen LogP) is 2.46. The van der Waals surface area contributed by atoms with E-state index in [2.05, 4.69) is 6.07 Å². The molecule has 0 heterocycles. The van der Waals surface area contributed by atoms with Crippen LogP contribution in [-0.2, 0) is 6.42 Å². The van der Waals surface area contributed by atoms with Crippen LogP contribution in [0.4, 0.5) is 0 Å². The molecular weight excluding hydrogens is 162 g/mol. The Morgan fingerprint density at radius 1 is 1.46 bits per heavy atom. The quantitative estimate of drug-likeness (QED) is 0.707. The third kappa shape index (κ3) is 2.48. The molecule has 0 bridgehead atoms. The lowest BCUT2D eigenvalue weighted by atomic mass is 10.1. The molecule has 0 aliphatic heterocycles. The summed E-state index contributed by atoms with van der Waals surface area (Å²) < 4.78 is 5.21. The van der Waals surface area contributed by atoms with Crippen molar-refractivity contribution in [2.75, 3.05) is 7.11 Å². The number of aryl methyl sites for hydroxylation is 2. The molecular formula is C11H13NO. The number of rotatable bonds is 3. The van der Waals surface area contributed by atoms with Gasteiger partial charge in [-0.25, -0.2) is 0 Å². The SMILES string of the molecule is COc1cc(C)ccc1CCC#N. The summed E-state index contributed by atoms with van der Waals surface area (Å²) in [6, 6.07) is 8.18. The van der Waals surface area contributed by atoms with Crippen molar-refractivity contribution in [1.29, 1.82) is 5.26 Å². The summed E-state index contributed by atoms with van der Waals surface area (Å²) >= 11 is 0. The molecule has 0 fully saturated rings. The molecule has 1 aromatic carbocycles. The van der Waals surface area contributed by atoms with Crippen LogP contribution in [0.5, 0.6) is 5.75 Å². The van der Waals surface area contributed by atoms with E-state index >= 15 is 0 Å². The van der Waals surface area contributed by atoms with E-state index in [-0.39, 0.29) is 0 Å². The van der Waals surface area contributed by atoms with Crippen molar-refractivity contribution in [3.8, 4) is 11.8 Å². The van der Waals surface area contributed by atoms with Gasteiger partial charge in [-0.1, -0.05) is 12.1 Å². The molecule has 0 spiro atoms. The first-order valence-corrected chi connectivity index (χ1v) is 4.28. The largest absolute Gasteiger partial charge is 0.496 e. The van der Waals surface area contributed by atoms with Gasteiger partial charge in [0.2, 0.25) is 0 Å². The van der Waals surface area contributed by atoms with Crippen LogP contribution in [0.25, 0.3) is 0 Å². The van der Waals surface area contributed by atoms with Crippen molar-refractivity contribution in [1.82, 2.24) is 0 Å². The second kappa shape index (κ2) is 4.51. The Kier molecular flexibility index (Phi) is 3.33. The number of ether oxygens (including phenoxy) is 1. The summed E-state index contributed by atoms with van der Waals surface area (Å²) in [5.74, 6) is 0.884. The fourth-order valence-electron chi connectivity index (χ4n) is 1.25. The van der Waals surface area contributed by atoms with Crippen LogP contribution in [0.1, 0.15) is 17.5 Å². The Balaban J connectivity index is 2.87. The second-order valence-electron chi connectivity index (χ2n) is 2.97. The molecule has 2 heteroatoms. The van der Waals surface area contributed by atoms with Crippen LogP contribution in [0.15, 0.2) is 18.2 Å². The minimum absolute atomic E-state index is 0.541. The van der Waals surface area contributed by atoms with Gasteiger partial charge in [0, 0.05) is 6.42 Å².